The summed E-state index contributed by atoms with van der Waals surface area (Å²) in [6.07, 6.45) is 0.0850. The Balaban J connectivity index is 2.39. The topological polar surface area (TPSA) is 27.7 Å². The Bertz CT molecular complexity index is 339. The molecule has 11 atom stereocenters. The predicted molar refractivity (Wildman–Crippen MR) is 111 cm³/mol. The van der Waals surface area contributed by atoms with Crippen LogP contribution in [0.1, 0.15) is 0 Å². The molecule has 2 aliphatic rings. The first-order valence-electron chi connectivity index (χ1n) is 6.03. The van der Waals surface area contributed by atoms with E-state index >= 15 is 0 Å². The minimum atomic E-state index is -0.309. The lowest BCUT2D eigenvalue weighted by molar-refractivity contribution is -0.0573. The molecule has 0 aromatic heterocycles. The maximum Gasteiger partial charge on any atom is 0.133 e. The van der Waals surface area contributed by atoms with Crippen molar-refractivity contribution < 1.29 is 14.2 Å². The lowest BCUT2D eigenvalue weighted by Crippen LogP contribution is -2.43. The van der Waals surface area contributed by atoms with E-state index < -0.39 is 0 Å². The molecule has 2 bridgehead atoms. The van der Waals surface area contributed by atoms with Crippen LogP contribution in [0.5, 0.6) is 0 Å². The van der Waals surface area contributed by atoms with E-state index in [4.69, 9.17) is 22.1 Å². The van der Waals surface area contributed by atoms with Gasteiger partial charge in [-0.05, 0) is 27.5 Å². The number of methoxy groups -OCH3 is 2. The minimum Gasteiger partial charge on any atom is -0.381 e. The van der Waals surface area contributed by atoms with Crippen LogP contribution in [0, 0.1) is 0 Å². The third-order valence-corrected chi connectivity index (χ3v) is 38.0. The highest BCUT2D eigenvalue weighted by Crippen LogP contribution is 3.02. The molecule has 11 unspecified atom stereocenters. The van der Waals surface area contributed by atoms with Gasteiger partial charge in [0, 0.05) is 25.9 Å². The molecule has 0 amide bonds. The predicted octanol–water partition coefficient (Wildman–Crippen LogP) is 4.13. The first-order valence-corrected chi connectivity index (χ1v) is 19.8. The third-order valence-electron chi connectivity index (χ3n) is 3.49. The van der Waals surface area contributed by atoms with Crippen molar-refractivity contribution in [1.29, 1.82) is 0 Å². The summed E-state index contributed by atoms with van der Waals surface area (Å²) in [5, 5.41) is -0.309. The van der Waals surface area contributed by atoms with Gasteiger partial charge >= 0.3 is 0 Å². The van der Waals surface area contributed by atoms with Crippen LogP contribution >= 0.6 is 64.9 Å². The van der Waals surface area contributed by atoms with Crippen LogP contribution in [-0.2, 0) is 14.2 Å². The van der Waals surface area contributed by atoms with Gasteiger partial charge in [-0.25, -0.2) is 0 Å². The second-order valence-corrected chi connectivity index (χ2v) is 30.1. The second kappa shape index (κ2) is 8.66. The largest absolute Gasteiger partial charge is 0.381 e. The van der Waals surface area contributed by atoms with E-state index in [1.165, 1.54) is 5.90 Å². The molecule has 2 heterocycles. The molecular formula is C8H21BO3P8. The van der Waals surface area contributed by atoms with Crippen LogP contribution in [0.15, 0.2) is 0 Å². The summed E-state index contributed by atoms with van der Waals surface area (Å²) < 4.78 is 17.6. The van der Waals surface area contributed by atoms with Crippen LogP contribution in [0.2, 0.25) is 0 Å². The van der Waals surface area contributed by atoms with Gasteiger partial charge in [-0.3, -0.25) is 0 Å². The van der Waals surface area contributed by atoms with Crippen LogP contribution in [0.3, 0.4) is 0 Å². The van der Waals surface area contributed by atoms with Crippen molar-refractivity contribution in [1.82, 2.24) is 0 Å². The smallest absolute Gasteiger partial charge is 0.133 e. The molecule has 2 fully saturated rings. The molecule has 12 heteroatoms. The first kappa shape index (κ1) is 19.7. The monoisotopic (exact) mass is 424 g/mol. The number of fused-ring (bicyclic) bond motifs is 2. The zero-order valence-electron chi connectivity index (χ0n) is 11.5. The molecule has 0 saturated carbocycles. The molecule has 20 heavy (non-hydrogen) atoms. The van der Waals surface area contributed by atoms with Gasteiger partial charge in [0.1, 0.15) is 19.3 Å². The summed E-state index contributed by atoms with van der Waals surface area (Å²) in [6, 6.07) is -0.202. The molecule has 2 radical (unpaired) electrons. The van der Waals surface area contributed by atoms with E-state index in [9.17, 15) is 0 Å². The Morgan fingerprint density at radius 1 is 1.55 bits per heavy atom. The van der Waals surface area contributed by atoms with Gasteiger partial charge in [-0.2, -0.15) is 0 Å². The Morgan fingerprint density at radius 2 is 2.25 bits per heavy atom. The highest BCUT2D eigenvalue weighted by Gasteiger charge is 2.59. The van der Waals surface area contributed by atoms with Crippen LogP contribution in [0.4, 0.5) is 0 Å². The molecule has 2 aliphatic heterocycles. The van der Waals surface area contributed by atoms with E-state index in [-0.39, 0.29) is 39.0 Å². The van der Waals surface area contributed by atoms with Crippen molar-refractivity contribution in [2.45, 2.75) is 23.1 Å². The van der Waals surface area contributed by atoms with Gasteiger partial charge in [0.15, 0.2) is 0 Å². The van der Waals surface area contributed by atoms with Crippen molar-refractivity contribution in [3.63, 3.8) is 0 Å². The molecule has 3 nitrogen and oxygen atoms in total. The lowest BCUT2D eigenvalue weighted by atomic mass is 9.95. The molecule has 0 aromatic rings. The summed E-state index contributed by atoms with van der Waals surface area (Å²) >= 11 is 0. The fraction of sp³-hybridized carbons (Fsp3) is 1.00. The fourth-order valence-electron chi connectivity index (χ4n) is 2.76. The first-order chi connectivity index (χ1) is 9.50. The van der Waals surface area contributed by atoms with Crippen molar-refractivity contribution >= 4 is 72.8 Å². The molecular weight excluding hydrogens is 403 g/mol. The summed E-state index contributed by atoms with van der Waals surface area (Å²) in [6.45, 7) is 0.444. The lowest BCUT2D eigenvalue weighted by Gasteiger charge is -2.36. The van der Waals surface area contributed by atoms with Gasteiger partial charge in [0.2, 0.25) is 0 Å². The summed E-state index contributed by atoms with van der Waals surface area (Å²) in [7, 11) is 20.5. The average molecular weight is 424 g/mol. The van der Waals surface area contributed by atoms with Gasteiger partial charge in [-0.1, -0.05) is 16.5 Å². The quantitative estimate of drug-likeness (QED) is 0.491. The van der Waals surface area contributed by atoms with Gasteiger partial charge < -0.3 is 14.2 Å². The Labute approximate surface area is 136 Å². The SMILES string of the molecule is [B]C1OC2(COC)PCP(PP)P(P(P)P)C1C2OC. The summed E-state index contributed by atoms with van der Waals surface area (Å²) in [5.74, 6) is 1.27. The number of hydrogen-bond acceptors (Lipinski definition) is 3. The van der Waals surface area contributed by atoms with E-state index in [2.05, 4.69) is 26.8 Å². The summed E-state index contributed by atoms with van der Waals surface area (Å²) in [4.78, 5) is 0. The second-order valence-electron chi connectivity index (χ2n) is 4.62. The zero-order chi connectivity index (χ0) is 14.9. The van der Waals surface area contributed by atoms with Crippen molar-refractivity contribution in [2.75, 3.05) is 26.7 Å². The summed E-state index contributed by atoms with van der Waals surface area (Å²) in [5.41, 5.74) is 0.348. The standard InChI is InChI=1S/C8H21BO3P8/c1-10-3-8-6(11-2)5(7(9)12-8)19(20(14)15)18(17-13)4-16-8/h5-7,16-17H,3-4,13-15H2,1-2H3. The highest BCUT2D eigenvalue weighted by molar-refractivity contribution is 8.93. The minimum absolute atomic E-state index is 0.0442. The number of hydrogen-bond donors (Lipinski definition) is 0. The normalized spacial score (nSPS) is 46.6. The Kier molecular flexibility index (Phi) is 8.53. The Hall–Kier alpha value is 3.38. The van der Waals surface area contributed by atoms with Crippen LogP contribution in [0.25, 0.3) is 0 Å². The van der Waals surface area contributed by atoms with Crippen molar-refractivity contribution in [3.8, 4) is 0 Å². The number of ether oxygens (including phenoxy) is 3. The fourth-order valence-corrected chi connectivity index (χ4v) is 50.3. The molecule has 0 N–H and O–H groups in total. The van der Waals surface area contributed by atoms with E-state index in [1.807, 2.05) is 0 Å². The molecule has 0 spiro atoms. The number of rotatable bonds is 5. The molecule has 0 aliphatic carbocycles. The van der Waals surface area contributed by atoms with E-state index in [0.29, 0.717) is 12.3 Å². The third kappa shape index (κ3) is 3.80. The maximum absolute atomic E-state index is 6.38. The zero-order valence-corrected chi connectivity index (χ0v) is 19.7. The molecule has 2 rings (SSSR count). The molecule has 0 aromatic carbocycles. The Morgan fingerprint density at radius 3 is 2.75 bits per heavy atom. The van der Waals surface area contributed by atoms with Crippen molar-refractivity contribution in [3.05, 3.63) is 0 Å². The van der Waals surface area contributed by atoms with Gasteiger partial charge in [0.05, 0.1) is 6.61 Å². The maximum atomic E-state index is 6.38. The molecule has 2 saturated heterocycles. The van der Waals surface area contributed by atoms with E-state index in [1.54, 1.807) is 14.2 Å². The average Bonchev–Trinajstić information content (AvgIpc) is 2.57. The van der Waals surface area contributed by atoms with Crippen LogP contribution in [-0.4, -0.2) is 57.7 Å². The van der Waals surface area contributed by atoms with Gasteiger partial charge in [0.25, 0.3) is 0 Å². The van der Waals surface area contributed by atoms with Crippen LogP contribution < -0.4 is 0 Å². The van der Waals surface area contributed by atoms with E-state index in [0.717, 1.165) is 16.5 Å². The van der Waals surface area contributed by atoms with Crippen molar-refractivity contribution in [2.24, 2.45) is 0 Å². The van der Waals surface area contributed by atoms with Gasteiger partial charge in [-0.15, -0.1) is 26.8 Å². The highest BCUT2D eigenvalue weighted by atomic mass is 32.9. The molecule has 114 valence electrons.